The van der Waals surface area contributed by atoms with Crippen LogP contribution in [0, 0.1) is 5.82 Å². The van der Waals surface area contributed by atoms with Crippen LogP contribution < -0.4 is 0 Å². The second-order valence-corrected chi connectivity index (χ2v) is 6.89. The van der Waals surface area contributed by atoms with Gasteiger partial charge in [0.1, 0.15) is 23.2 Å². The molecule has 0 saturated carbocycles. The minimum absolute atomic E-state index is 0.122. The molecule has 0 spiro atoms. The Balaban J connectivity index is 1.65. The van der Waals surface area contributed by atoms with E-state index >= 15 is 0 Å². The van der Waals surface area contributed by atoms with Crippen LogP contribution in [0.25, 0.3) is 11.0 Å². The number of likely N-dealkylation sites (tertiary alicyclic amines) is 1. The lowest BCUT2D eigenvalue weighted by Crippen LogP contribution is -2.32. The minimum Gasteiger partial charge on any atom is -0.340 e. The Labute approximate surface area is 150 Å². The smallest absolute Gasteiger partial charge is 0.273 e. The average molecular weight is 353 g/mol. The van der Waals surface area contributed by atoms with Crippen molar-refractivity contribution >= 4 is 16.9 Å². The highest BCUT2D eigenvalue weighted by Gasteiger charge is 2.33. The summed E-state index contributed by atoms with van der Waals surface area (Å²) in [6, 6.07) is 5.95. The highest BCUT2D eigenvalue weighted by Crippen LogP contribution is 2.32. The highest BCUT2D eigenvalue weighted by atomic mass is 19.1. The average Bonchev–Trinajstić information content (AvgIpc) is 3.27. The summed E-state index contributed by atoms with van der Waals surface area (Å²) in [6.45, 7) is 4.64. The van der Waals surface area contributed by atoms with Crippen LogP contribution in [0.5, 0.6) is 0 Å². The van der Waals surface area contributed by atoms with Crippen molar-refractivity contribution < 1.29 is 9.18 Å². The lowest BCUT2D eigenvalue weighted by atomic mass is 10.2. The summed E-state index contributed by atoms with van der Waals surface area (Å²) in [4.78, 5) is 31.2. The molecule has 1 atom stereocenters. The van der Waals surface area contributed by atoms with Gasteiger partial charge in [-0.3, -0.25) is 4.79 Å². The zero-order chi connectivity index (χ0) is 18.3. The van der Waals surface area contributed by atoms with Crippen LogP contribution in [0.2, 0.25) is 0 Å². The first kappa shape index (κ1) is 16.6. The van der Waals surface area contributed by atoms with E-state index in [0.29, 0.717) is 34.9 Å². The van der Waals surface area contributed by atoms with E-state index in [1.54, 1.807) is 23.2 Å². The van der Waals surface area contributed by atoms with Gasteiger partial charge in [-0.15, -0.1) is 0 Å². The molecule has 1 aliphatic heterocycles. The molecule has 1 unspecified atom stereocenters. The van der Waals surface area contributed by atoms with Gasteiger partial charge in [-0.2, -0.15) is 0 Å². The summed E-state index contributed by atoms with van der Waals surface area (Å²) < 4.78 is 13.4. The molecule has 1 aromatic carbocycles. The summed E-state index contributed by atoms with van der Waals surface area (Å²) in [7, 11) is 0. The van der Waals surface area contributed by atoms with E-state index in [-0.39, 0.29) is 23.7 Å². The second-order valence-electron chi connectivity index (χ2n) is 6.89. The molecule has 0 aliphatic carbocycles. The fourth-order valence-corrected chi connectivity index (χ4v) is 3.37. The maximum atomic E-state index is 13.4. The summed E-state index contributed by atoms with van der Waals surface area (Å²) in [6.07, 6.45) is 3.34. The predicted octanol–water partition coefficient (Wildman–Crippen LogP) is 3.59. The maximum absolute atomic E-state index is 13.4. The molecule has 2 aromatic heterocycles. The van der Waals surface area contributed by atoms with Gasteiger partial charge in [0.15, 0.2) is 0 Å². The van der Waals surface area contributed by atoms with Crippen molar-refractivity contribution in [3.63, 3.8) is 0 Å². The van der Waals surface area contributed by atoms with Gasteiger partial charge >= 0.3 is 0 Å². The molecule has 3 aromatic rings. The van der Waals surface area contributed by atoms with Crippen molar-refractivity contribution in [3.05, 3.63) is 53.6 Å². The number of nitrogens with one attached hydrogen (secondary N) is 1. The number of H-pyrrole nitrogens is 1. The molecule has 1 fully saturated rings. The van der Waals surface area contributed by atoms with Gasteiger partial charge in [0.2, 0.25) is 0 Å². The highest BCUT2D eigenvalue weighted by molar-refractivity contribution is 5.92. The van der Waals surface area contributed by atoms with E-state index in [1.165, 1.54) is 12.1 Å². The predicted molar refractivity (Wildman–Crippen MR) is 95.2 cm³/mol. The molecular weight excluding hydrogens is 333 g/mol. The van der Waals surface area contributed by atoms with Crippen LogP contribution in [0.3, 0.4) is 0 Å². The van der Waals surface area contributed by atoms with Crippen LogP contribution in [-0.2, 0) is 0 Å². The van der Waals surface area contributed by atoms with Crippen molar-refractivity contribution in [2.45, 2.75) is 38.6 Å². The molecular formula is C19H20FN5O. The van der Waals surface area contributed by atoms with Crippen LogP contribution in [0.15, 0.2) is 30.5 Å². The van der Waals surface area contributed by atoms with Crippen molar-refractivity contribution in [1.29, 1.82) is 0 Å². The SMILES string of the molecule is CC(C)c1nccc(C(=O)N2CCCC2c2nc3ccc(F)cc3[nH]2)n1. The largest absolute Gasteiger partial charge is 0.340 e. The number of nitrogens with zero attached hydrogens (tertiary/aromatic N) is 4. The standard InChI is InChI=1S/C19H20FN5O/c1-11(2)17-21-8-7-14(23-17)19(26)25-9-3-4-16(25)18-22-13-6-5-12(20)10-15(13)24-18/h5-8,10-11,16H,3-4,9H2,1-2H3,(H,22,24). The number of rotatable bonds is 3. The van der Waals surface area contributed by atoms with Gasteiger partial charge in [0, 0.05) is 18.7 Å². The molecule has 6 nitrogen and oxygen atoms in total. The fourth-order valence-electron chi connectivity index (χ4n) is 3.37. The van der Waals surface area contributed by atoms with E-state index < -0.39 is 0 Å². The number of carbonyl (C=O) groups excluding carboxylic acids is 1. The van der Waals surface area contributed by atoms with Gasteiger partial charge in [0.05, 0.1) is 17.1 Å². The molecule has 1 aliphatic rings. The number of benzene rings is 1. The number of imidazole rings is 1. The third-order valence-corrected chi connectivity index (χ3v) is 4.70. The topological polar surface area (TPSA) is 74.8 Å². The molecule has 26 heavy (non-hydrogen) atoms. The van der Waals surface area contributed by atoms with Crippen molar-refractivity contribution in [2.24, 2.45) is 0 Å². The molecule has 1 saturated heterocycles. The Morgan fingerprint density at radius 3 is 2.96 bits per heavy atom. The van der Waals surface area contributed by atoms with Gasteiger partial charge in [-0.25, -0.2) is 19.3 Å². The number of halogens is 1. The number of hydrogen-bond donors (Lipinski definition) is 1. The fraction of sp³-hybridized carbons (Fsp3) is 0.368. The normalized spacial score (nSPS) is 17.4. The van der Waals surface area contributed by atoms with E-state index in [1.807, 2.05) is 13.8 Å². The Morgan fingerprint density at radius 2 is 2.15 bits per heavy atom. The second kappa shape index (κ2) is 6.48. The van der Waals surface area contributed by atoms with Crippen molar-refractivity contribution in [1.82, 2.24) is 24.8 Å². The number of aromatic amines is 1. The molecule has 4 rings (SSSR count). The Hall–Kier alpha value is -2.83. The summed E-state index contributed by atoms with van der Waals surface area (Å²) >= 11 is 0. The van der Waals surface area contributed by atoms with Crippen LogP contribution in [0.4, 0.5) is 4.39 Å². The number of carbonyl (C=O) groups is 1. The number of hydrogen-bond acceptors (Lipinski definition) is 4. The Kier molecular flexibility index (Phi) is 4.14. The first-order chi connectivity index (χ1) is 12.5. The third-order valence-electron chi connectivity index (χ3n) is 4.70. The van der Waals surface area contributed by atoms with Crippen molar-refractivity contribution in [3.8, 4) is 0 Å². The zero-order valence-electron chi connectivity index (χ0n) is 14.7. The third kappa shape index (κ3) is 2.94. The first-order valence-corrected chi connectivity index (χ1v) is 8.82. The van der Waals surface area contributed by atoms with E-state index in [9.17, 15) is 9.18 Å². The van der Waals surface area contributed by atoms with Gasteiger partial charge in [-0.05, 0) is 37.1 Å². The van der Waals surface area contributed by atoms with E-state index in [2.05, 4.69) is 19.9 Å². The molecule has 1 N–H and O–H groups in total. The molecule has 134 valence electrons. The van der Waals surface area contributed by atoms with Gasteiger partial charge in [-0.1, -0.05) is 13.8 Å². The van der Waals surface area contributed by atoms with E-state index in [0.717, 1.165) is 12.8 Å². The molecule has 1 amide bonds. The number of aromatic nitrogens is 4. The van der Waals surface area contributed by atoms with Gasteiger partial charge in [0.25, 0.3) is 5.91 Å². The molecule has 7 heteroatoms. The molecule has 0 radical (unpaired) electrons. The number of fused-ring (bicyclic) bond motifs is 1. The van der Waals surface area contributed by atoms with Crippen LogP contribution in [0.1, 0.15) is 60.8 Å². The quantitative estimate of drug-likeness (QED) is 0.781. The number of amides is 1. The lowest BCUT2D eigenvalue weighted by molar-refractivity contribution is 0.0724. The zero-order valence-corrected chi connectivity index (χ0v) is 14.7. The summed E-state index contributed by atoms with van der Waals surface area (Å²) in [5.41, 5.74) is 1.74. The Morgan fingerprint density at radius 1 is 1.31 bits per heavy atom. The van der Waals surface area contributed by atoms with Crippen molar-refractivity contribution in [2.75, 3.05) is 6.54 Å². The summed E-state index contributed by atoms with van der Waals surface area (Å²) in [5.74, 6) is 1.07. The monoisotopic (exact) mass is 353 g/mol. The van der Waals surface area contributed by atoms with E-state index in [4.69, 9.17) is 0 Å². The first-order valence-electron chi connectivity index (χ1n) is 8.82. The van der Waals surface area contributed by atoms with Crippen LogP contribution in [-0.4, -0.2) is 37.3 Å². The van der Waals surface area contributed by atoms with Crippen LogP contribution >= 0.6 is 0 Å². The van der Waals surface area contributed by atoms with Gasteiger partial charge < -0.3 is 9.88 Å². The molecule has 0 bridgehead atoms. The summed E-state index contributed by atoms with van der Waals surface area (Å²) in [5, 5.41) is 0. The Bertz CT molecular complexity index is 967. The molecule has 3 heterocycles. The minimum atomic E-state index is -0.311. The lowest BCUT2D eigenvalue weighted by Gasteiger charge is -2.23. The maximum Gasteiger partial charge on any atom is 0.273 e.